The van der Waals surface area contributed by atoms with Gasteiger partial charge in [0.05, 0.1) is 0 Å². The van der Waals surface area contributed by atoms with Crippen LogP contribution >= 0.6 is 11.3 Å². The first-order chi connectivity index (χ1) is 40.6. The van der Waals surface area contributed by atoms with E-state index in [1.807, 2.05) is 17.5 Å². The Morgan fingerprint density at radius 1 is 0.455 bits per heavy atom. The fourth-order valence-electron chi connectivity index (χ4n) is 12.6. The quantitative estimate of drug-likeness (QED) is 0.149. The number of para-hydroxylation sites is 2. The normalized spacial score (nSPS) is 13.6. The van der Waals surface area contributed by atoms with Crippen molar-refractivity contribution in [1.29, 1.82) is 0 Å². The molecule has 456 valence electrons. The third-order valence-electron chi connectivity index (χ3n) is 18.3. The Kier molecular flexibility index (Phi) is 15.6. The predicted molar refractivity (Wildman–Crippen MR) is 374 cm³/mol. The average Bonchev–Trinajstić information content (AvgIpc) is 1.63. The topological polar surface area (TPSA) is 33.5 Å². The Bertz CT molecular complexity index is 4400. The van der Waals surface area contributed by atoms with E-state index in [0.717, 1.165) is 44.9 Å². The van der Waals surface area contributed by atoms with E-state index in [1.54, 1.807) is 0 Å². The monoisotopic (exact) mass is 1360 g/mol. The number of aromatic nitrogens is 2. The third-order valence-corrected chi connectivity index (χ3v) is 19.5. The molecule has 4 heterocycles. The summed E-state index contributed by atoms with van der Waals surface area (Å²) in [4.78, 5) is 9.90. The van der Waals surface area contributed by atoms with Crippen molar-refractivity contribution in [3.05, 3.63) is 209 Å². The molecule has 5 nitrogen and oxygen atoms in total. The zero-order valence-corrected chi connectivity index (χ0v) is 58.9. The maximum Gasteiger partial charge on any atom is 0.135 e. The van der Waals surface area contributed by atoms with Crippen LogP contribution in [-0.4, -0.2) is 9.55 Å². The molecule has 0 saturated heterocycles. The van der Waals surface area contributed by atoms with Crippen LogP contribution in [0.15, 0.2) is 140 Å². The van der Waals surface area contributed by atoms with Crippen molar-refractivity contribution in [3.63, 3.8) is 0 Å². The van der Waals surface area contributed by atoms with Crippen LogP contribution in [0.5, 0.6) is 11.5 Å². The van der Waals surface area contributed by atoms with E-state index in [2.05, 4.69) is 312 Å². The standard InChI is InChI=1S/C81H87N4OS.Pt/c1-48-49(2)71(51-36-54(77(7,8)9)40-55(37-51)78(10,11)12)74(72(50(48)3)52-38-56(79(13,14)15)41-57(39-52)80(16,17)18)84-47-83(65-27-23-24-28-66(65)84)59-42-58(81(19,20)21)43-61(45-59)86-60-30-31-64-68(46-60)85(70-44-53(34-35-82-70)76(4,5)6)67-33-32-63-62-26-22-25-29-69(62)87-75(63)73(64)67;/h22-44,47H,1-21H3;/q-3;. The van der Waals surface area contributed by atoms with Gasteiger partial charge in [0.2, 0.25) is 0 Å². The number of anilines is 4. The van der Waals surface area contributed by atoms with Gasteiger partial charge < -0.3 is 19.1 Å². The van der Waals surface area contributed by atoms with Gasteiger partial charge in [-0.2, -0.15) is 6.07 Å². The summed E-state index contributed by atoms with van der Waals surface area (Å²) in [5.41, 5.74) is 22.0. The summed E-state index contributed by atoms with van der Waals surface area (Å²) in [5.74, 6) is 2.07. The molecule has 11 aromatic rings. The SMILES string of the molecule is Cc1c(C)c(-c2cc(C(C)(C)C)cc(C(C)(C)C)c2)c(N2[CH-]N(c3[c-]c(Oc4[c-]c5c(cc4)c4c6sc7ccccc7c6ccc4n5-c4cc(C(C)(C)C)ccn4)cc(C(C)(C)C)c3)c3ccccc32)c(-c2cc(C(C)(C)C)cc(C(C)(C)C)c2)c1C.[Pt]. The van der Waals surface area contributed by atoms with E-state index in [9.17, 15) is 0 Å². The second-order valence-electron chi connectivity index (χ2n) is 30.9. The smallest absolute Gasteiger partial charge is 0.135 e. The van der Waals surface area contributed by atoms with E-state index in [-0.39, 0.29) is 53.6 Å². The zero-order chi connectivity index (χ0) is 62.4. The molecule has 0 fully saturated rings. The number of benzene rings is 8. The van der Waals surface area contributed by atoms with Crippen LogP contribution in [0, 0.1) is 39.6 Å². The average molecular weight is 1360 g/mol. The number of thiophene rings is 1. The molecule has 0 radical (unpaired) electrons. The summed E-state index contributed by atoms with van der Waals surface area (Å²) in [5, 5.41) is 4.83. The summed E-state index contributed by atoms with van der Waals surface area (Å²) in [6, 6.07) is 57.8. The molecule has 0 aliphatic carbocycles. The molecule has 1 aliphatic heterocycles. The van der Waals surface area contributed by atoms with Gasteiger partial charge in [0.1, 0.15) is 5.82 Å². The Balaban J connectivity index is 0.00000800. The van der Waals surface area contributed by atoms with E-state index in [4.69, 9.17) is 9.72 Å². The van der Waals surface area contributed by atoms with Gasteiger partial charge in [-0.1, -0.05) is 203 Å². The number of pyridine rings is 1. The molecule has 0 N–H and O–H groups in total. The maximum atomic E-state index is 7.18. The third kappa shape index (κ3) is 11.2. The first-order valence-electron chi connectivity index (χ1n) is 31.2. The molecule has 0 atom stereocenters. The molecule has 7 heteroatoms. The van der Waals surface area contributed by atoms with Crippen LogP contribution in [-0.2, 0) is 53.6 Å². The van der Waals surface area contributed by atoms with Gasteiger partial charge in [-0.05, 0) is 151 Å². The van der Waals surface area contributed by atoms with Gasteiger partial charge in [-0.25, -0.2) is 4.98 Å². The Labute approximate surface area is 543 Å². The van der Waals surface area contributed by atoms with Crippen molar-refractivity contribution in [2.45, 2.75) is 178 Å². The van der Waals surface area contributed by atoms with Crippen LogP contribution in [0.25, 0.3) is 70.0 Å². The van der Waals surface area contributed by atoms with E-state index < -0.39 is 0 Å². The molecular formula is C81H87N4OPtS-3. The molecule has 0 amide bonds. The summed E-state index contributed by atoms with van der Waals surface area (Å²) in [7, 11) is 0. The molecule has 3 aromatic heterocycles. The fraction of sp³-hybridized carbons (Fsp3) is 0.333. The molecule has 0 bridgehead atoms. The number of hydrogen-bond acceptors (Lipinski definition) is 5. The Morgan fingerprint density at radius 2 is 0.955 bits per heavy atom. The summed E-state index contributed by atoms with van der Waals surface area (Å²) in [6.45, 7) is 51.1. The number of rotatable bonds is 7. The fourth-order valence-corrected chi connectivity index (χ4v) is 13.9. The zero-order valence-electron chi connectivity index (χ0n) is 55.8. The van der Waals surface area contributed by atoms with Crippen molar-refractivity contribution < 1.29 is 25.8 Å². The van der Waals surface area contributed by atoms with Gasteiger partial charge in [0.15, 0.2) is 0 Å². The van der Waals surface area contributed by atoms with E-state index >= 15 is 0 Å². The van der Waals surface area contributed by atoms with Crippen LogP contribution in [0.4, 0.5) is 22.7 Å². The largest absolute Gasteiger partial charge is 0.509 e. The number of fused-ring (bicyclic) bond motifs is 8. The Hall–Kier alpha value is -6.98. The first-order valence-corrected chi connectivity index (χ1v) is 32.0. The van der Waals surface area contributed by atoms with E-state index in [0.29, 0.717) is 11.5 Å². The molecule has 1 aliphatic rings. The van der Waals surface area contributed by atoms with Crippen LogP contribution < -0.4 is 14.5 Å². The molecule has 88 heavy (non-hydrogen) atoms. The van der Waals surface area contributed by atoms with Crippen molar-refractivity contribution in [3.8, 4) is 39.6 Å². The van der Waals surface area contributed by atoms with Crippen molar-refractivity contribution in [2.75, 3.05) is 9.80 Å². The van der Waals surface area contributed by atoms with Crippen LogP contribution in [0.2, 0.25) is 0 Å². The first kappa shape index (κ1) is 62.6. The number of hydrogen-bond donors (Lipinski definition) is 0. The number of ether oxygens (including phenoxy) is 1. The number of nitrogens with zero attached hydrogens (tertiary/aromatic N) is 4. The predicted octanol–water partition coefficient (Wildman–Crippen LogP) is 23.4. The van der Waals surface area contributed by atoms with Gasteiger partial charge in [-0.15, -0.1) is 65.0 Å². The van der Waals surface area contributed by atoms with Crippen LogP contribution in [0.3, 0.4) is 0 Å². The van der Waals surface area contributed by atoms with Gasteiger partial charge in [0, 0.05) is 92.6 Å². The summed E-state index contributed by atoms with van der Waals surface area (Å²) < 4.78 is 12.0. The second-order valence-corrected chi connectivity index (χ2v) is 31.9. The molecule has 0 spiro atoms. The van der Waals surface area contributed by atoms with Crippen molar-refractivity contribution in [1.82, 2.24) is 9.55 Å². The van der Waals surface area contributed by atoms with E-state index in [1.165, 1.54) is 98.0 Å². The molecule has 8 aromatic carbocycles. The minimum absolute atomic E-state index is 0. The molecule has 0 unspecified atom stereocenters. The van der Waals surface area contributed by atoms with Gasteiger partial charge in [0.25, 0.3) is 0 Å². The van der Waals surface area contributed by atoms with Crippen LogP contribution in [0.1, 0.15) is 175 Å². The minimum atomic E-state index is -0.239. The Morgan fingerprint density at radius 3 is 1.50 bits per heavy atom. The van der Waals surface area contributed by atoms with Crippen molar-refractivity contribution in [2.24, 2.45) is 0 Å². The van der Waals surface area contributed by atoms with Gasteiger partial charge >= 0.3 is 0 Å². The molecular weight excluding hydrogens is 1270 g/mol. The van der Waals surface area contributed by atoms with Gasteiger partial charge in [-0.3, -0.25) is 0 Å². The second kappa shape index (κ2) is 21.9. The maximum absolute atomic E-state index is 7.18. The summed E-state index contributed by atoms with van der Waals surface area (Å²) in [6.07, 6.45) is 1.94. The molecule has 0 saturated carbocycles. The minimum Gasteiger partial charge on any atom is -0.509 e. The molecule has 12 rings (SSSR count). The summed E-state index contributed by atoms with van der Waals surface area (Å²) >= 11 is 1.85. The van der Waals surface area contributed by atoms with Crippen molar-refractivity contribution >= 4 is 76.1 Å².